The van der Waals surface area contributed by atoms with Crippen LogP contribution in [-0.2, 0) is 34.5 Å². The van der Waals surface area contributed by atoms with Crippen LogP contribution in [0.4, 0.5) is 0 Å². The average Bonchev–Trinajstić information content (AvgIpc) is 1.66. The summed E-state index contributed by atoms with van der Waals surface area (Å²) in [6.07, 6.45) is 10.8. The van der Waals surface area contributed by atoms with Gasteiger partial charge in [-0.05, 0) is 149 Å². The van der Waals surface area contributed by atoms with Gasteiger partial charge in [0.05, 0.1) is 40.8 Å². The summed E-state index contributed by atoms with van der Waals surface area (Å²) in [5, 5.41) is 13.6. The van der Waals surface area contributed by atoms with Gasteiger partial charge in [0.25, 0.3) is 0 Å². The first kappa shape index (κ1) is 61.7. The highest BCUT2D eigenvalue weighted by atomic mass is 32.2. The lowest BCUT2D eigenvalue weighted by molar-refractivity contribution is -0.296. The van der Waals surface area contributed by atoms with Gasteiger partial charge in [0, 0.05) is 38.4 Å². The summed E-state index contributed by atoms with van der Waals surface area (Å²) < 4.78 is 43.7. The number of methoxy groups -OCH3 is 2. The zero-order chi connectivity index (χ0) is 59.9. The molecule has 2 unspecified atom stereocenters. The predicted octanol–water partition coefficient (Wildman–Crippen LogP) is 17.5. The molecule has 6 aromatic rings. The Bertz CT molecular complexity index is 3360. The van der Waals surface area contributed by atoms with Crippen molar-refractivity contribution in [2.24, 2.45) is 5.41 Å². The number of ether oxygens (including phenoxy) is 6. The first-order chi connectivity index (χ1) is 39.2. The number of hydrogen-bond donors (Lipinski definition) is 1. The van der Waals surface area contributed by atoms with Crippen molar-refractivity contribution in [1.29, 1.82) is 0 Å². The molecule has 10 nitrogen and oxygen atoms in total. The van der Waals surface area contributed by atoms with Gasteiger partial charge >= 0.3 is 17.9 Å². The smallest absolute Gasteiger partial charge is 0.314 e. The lowest BCUT2D eigenvalue weighted by Gasteiger charge is -2.47. The number of carbonyl (C=O) groups is 2. The van der Waals surface area contributed by atoms with Crippen LogP contribution in [0.2, 0.25) is 35.8 Å². The molecule has 6 aromatic carbocycles. The van der Waals surface area contributed by atoms with Gasteiger partial charge < -0.3 is 38.0 Å². The van der Waals surface area contributed by atoms with Crippen LogP contribution in [0.15, 0.2) is 119 Å². The van der Waals surface area contributed by atoms with Gasteiger partial charge in [-0.15, -0.1) is 0 Å². The maximum Gasteiger partial charge on any atom is 0.314 e. The van der Waals surface area contributed by atoms with Gasteiger partial charge in [-0.1, -0.05) is 159 Å². The topological polar surface area (TPSA) is 119 Å². The van der Waals surface area contributed by atoms with Crippen LogP contribution in [-0.4, -0.2) is 67.6 Å². The summed E-state index contributed by atoms with van der Waals surface area (Å²) in [6, 6.07) is 36.4. The Kier molecular flexibility index (Phi) is 17.8. The third kappa shape index (κ3) is 12.2. The molecule has 1 spiro atoms. The van der Waals surface area contributed by atoms with Crippen molar-refractivity contribution < 1.29 is 47.5 Å². The standard InChI is InChI=1S/C70H87O10SSi2/c1-16-67(17-2)37-39-68(40-38-67)56-24-19-18-23-52(56)61-54-44-58(81-64-46(3)21-20-22-47(64)4)57(75-12)43-55(54)63-53(62(61)68)35-36-69(79-63,48-25-29-50(74-11)30-26-48)49-27-31-51(32-28-49)76-41-42-77-59(71)33-34-60(72)78-70(73,45-82(13)65(5,6)7)80-83(14,15)66(8,9)10/h18-32,35-36,43-44,73H,16-17,33-34,37-42,45H2,1-15H3. The van der Waals surface area contributed by atoms with Crippen molar-refractivity contribution in [2.75, 3.05) is 27.4 Å². The molecule has 3 aliphatic rings. The zero-order valence-corrected chi connectivity index (χ0v) is 54.6. The Labute approximate surface area is 500 Å². The Balaban J connectivity index is 1.01. The monoisotopic (exact) mass is 1180 g/mol. The van der Waals surface area contributed by atoms with E-state index < -0.39 is 40.6 Å². The molecule has 13 heteroatoms. The second-order valence-electron chi connectivity index (χ2n) is 25.9. The Morgan fingerprint density at radius 2 is 1.36 bits per heavy atom. The normalized spacial score (nSPS) is 17.7. The molecule has 0 aromatic heterocycles. The molecule has 83 heavy (non-hydrogen) atoms. The maximum absolute atomic E-state index is 13.3. The van der Waals surface area contributed by atoms with Crippen molar-refractivity contribution in [3.8, 4) is 34.1 Å². The van der Waals surface area contributed by atoms with Gasteiger partial charge in [0.1, 0.15) is 36.2 Å². The molecule has 1 saturated carbocycles. The van der Waals surface area contributed by atoms with Crippen LogP contribution in [0.1, 0.15) is 146 Å². The number of rotatable bonds is 20. The Hall–Kier alpha value is -5.84. The van der Waals surface area contributed by atoms with Crippen LogP contribution in [0, 0.1) is 19.3 Å². The van der Waals surface area contributed by atoms with Crippen molar-refractivity contribution >= 4 is 57.7 Å². The van der Waals surface area contributed by atoms with E-state index in [4.69, 9.17) is 32.8 Å². The number of esters is 2. The van der Waals surface area contributed by atoms with Gasteiger partial charge in [0.15, 0.2) is 13.9 Å². The van der Waals surface area contributed by atoms with Crippen molar-refractivity contribution in [3.05, 3.63) is 148 Å². The van der Waals surface area contributed by atoms with E-state index in [9.17, 15) is 14.7 Å². The third-order valence-electron chi connectivity index (χ3n) is 19.0. The number of aryl methyl sites for hydroxylation is 2. The molecular formula is C70H87O10SSi2. The second-order valence-corrected chi connectivity index (χ2v) is 35.1. The van der Waals surface area contributed by atoms with Gasteiger partial charge in [-0.25, -0.2) is 0 Å². The fourth-order valence-electron chi connectivity index (χ4n) is 12.3. The van der Waals surface area contributed by atoms with E-state index in [2.05, 4.69) is 155 Å². The lowest BCUT2D eigenvalue weighted by atomic mass is 9.58. The molecule has 2 atom stereocenters. The lowest BCUT2D eigenvalue weighted by Crippen LogP contribution is -2.53. The number of aliphatic hydroxyl groups is 1. The molecule has 1 N–H and O–H groups in total. The van der Waals surface area contributed by atoms with Gasteiger partial charge in [0.2, 0.25) is 0 Å². The minimum absolute atomic E-state index is 0.0332. The average molecular weight is 1180 g/mol. The summed E-state index contributed by atoms with van der Waals surface area (Å²) >= 11 is 1.76. The van der Waals surface area contributed by atoms with E-state index >= 15 is 0 Å². The molecule has 1 fully saturated rings. The SMILES string of the molecule is CCC1(CC)CCC2(CC1)c1ccccc1-c1c2c2c(c3cc(OC)c(Sc4c(C)cccc4C)cc13)OC(c1ccc(OC)cc1)(c1ccc(OCCOC(=O)CCC(=O)OC(O)(C[Si](C)C(C)(C)C)O[Si](C)(C)C(C)(C)C)cc1)C=C2. The Morgan fingerprint density at radius 3 is 1.95 bits per heavy atom. The number of carbonyl (C=O) groups excluding carboxylic acids is 2. The molecule has 1 aliphatic heterocycles. The fraction of sp³-hybridized carbons (Fsp3) is 0.457. The molecule has 0 saturated heterocycles. The maximum atomic E-state index is 13.3. The highest BCUT2D eigenvalue weighted by Crippen LogP contribution is 2.65. The predicted molar refractivity (Wildman–Crippen MR) is 339 cm³/mol. The van der Waals surface area contributed by atoms with Crippen LogP contribution in [0.25, 0.3) is 28.0 Å². The fourth-order valence-corrected chi connectivity index (χ4v) is 16.2. The summed E-state index contributed by atoms with van der Waals surface area (Å²) in [5.41, 5.74) is 9.76. The molecular weight excluding hydrogens is 1090 g/mol. The van der Waals surface area contributed by atoms with Crippen molar-refractivity contribution in [3.63, 3.8) is 0 Å². The number of fused-ring (bicyclic) bond motifs is 10. The summed E-state index contributed by atoms with van der Waals surface area (Å²) in [7, 11) is -0.346. The Morgan fingerprint density at radius 1 is 0.747 bits per heavy atom. The second kappa shape index (κ2) is 23.9. The van der Waals surface area contributed by atoms with Crippen molar-refractivity contribution in [1.82, 2.24) is 0 Å². The highest BCUT2D eigenvalue weighted by Gasteiger charge is 2.52. The minimum Gasteiger partial charge on any atom is -0.497 e. The quantitative estimate of drug-likeness (QED) is 0.0341. The van der Waals surface area contributed by atoms with E-state index in [1.54, 1.807) is 26.0 Å². The summed E-state index contributed by atoms with van der Waals surface area (Å²) in [6.45, 7) is 27.8. The molecule has 0 bridgehead atoms. The molecule has 9 rings (SSSR count). The molecule has 2 aliphatic carbocycles. The summed E-state index contributed by atoms with van der Waals surface area (Å²) in [4.78, 5) is 28.5. The van der Waals surface area contributed by atoms with Crippen molar-refractivity contribution in [2.45, 2.75) is 183 Å². The van der Waals surface area contributed by atoms with Gasteiger partial charge in [-0.2, -0.15) is 0 Å². The van der Waals surface area contributed by atoms with Crippen LogP contribution in [0.3, 0.4) is 0 Å². The molecule has 0 amide bonds. The molecule has 1 heterocycles. The zero-order valence-electron chi connectivity index (χ0n) is 51.8. The van der Waals surface area contributed by atoms with E-state index in [0.717, 1.165) is 75.3 Å². The summed E-state index contributed by atoms with van der Waals surface area (Å²) in [5.74, 6) is -0.465. The molecule has 1 radical (unpaired) electrons. The van der Waals surface area contributed by atoms with Crippen LogP contribution in [0.5, 0.6) is 23.0 Å². The van der Waals surface area contributed by atoms with E-state index in [-0.39, 0.29) is 47.6 Å². The minimum atomic E-state index is -2.56. The third-order valence-corrected chi connectivity index (χ3v) is 28.4. The molecule has 441 valence electrons. The van der Waals surface area contributed by atoms with Crippen LogP contribution < -0.4 is 18.9 Å². The van der Waals surface area contributed by atoms with Gasteiger partial charge in [-0.3, -0.25) is 9.59 Å². The largest absolute Gasteiger partial charge is 0.497 e. The van der Waals surface area contributed by atoms with Crippen LogP contribution >= 0.6 is 11.8 Å². The highest BCUT2D eigenvalue weighted by molar-refractivity contribution is 7.99. The van der Waals surface area contributed by atoms with E-state index in [1.807, 2.05) is 49.5 Å². The van der Waals surface area contributed by atoms with E-state index in [1.165, 1.54) is 51.1 Å². The van der Waals surface area contributed by atoms with E-state index in [0.29, 0.717) is 11.2 Å². The first-order valence-electron chi connectivity index (χ1n) is 29.7. The number of hydrogen-bond acceptors (Lipinski definition) is 11. The first-order valence-corrected chi connectivity index (χ1v) is 35.6. The number of benzene rings is 6.